The minimum atomic E-state index is -0.207. The van der Waals surface area contributed by atoms with Crippen LogP contribution in [0.15, 0.2) is 48.5 Å². The molecule has 0 saturated carbocycles. The van der Waals surface area contributed by atoms with E-state index in [0.717, 1.165) is 49.7 Å². The van der Waals surface area contributed by atoms with E-state index in [2.05, 4.69) is 15.1 Å². The Morgan fingerprint density at radius 1 is 1.00 bits per heavy atom. The summed E-state index contributed by atoms with van der Waals surface area (Å²) in [6.45, 7) is 4.68. The average molecular weight is 357 g/mol. The molecule has 26 heavy (non-hydrogen) atoms. The van der Waals surface area contributed by atoms with E-state index in [1.807, 2.05) is 36.4 Å². The van der Waals surface area contributed by atoms with Crippen LogP contribution in [0.4, 0.5) is 10.1 Å². The largest absolute Gasteiger partial charge is 0.497 e. The van der Waals surface area contributed by atoms with E-state index < -0.39 is 0 Å². The molecule has 1 saturated heterocycles. The monoisotopic (exact) mass is 357 g/mol. The van der Waals surface area contributed by atoms with Crippen molar-refractivity contribution in [3.8, 4) is 5.75 Å². The topological polar surface area (TPSA) is 44.8 Å². The third-order valence-electron chi connectivity index (χ3n) is 4.53. The Bertz CT molecular complexity index is 711. The normalized spacial score (nSPS) is 15.6. The number of amides is 1. The Morgan fingerprint density at radius 2 is 1.62 bits per heavy atom. The molecule has 2 aromatic carbocycles. The number of carbonyl (C=O) groups is 1. The van der Waals surface area contributed by atoms with Gasteiger partial charge in [0.05, 0.1) is 13.7 Å². The van der Waals surface area contributed by atoms with Gasteiger partial charge >= 0.3 is 0 Å². The van der Waals surface area contributed by atoms with Gasteiger partial charge in [-0.3, -0.25) is 14.6 Å². The van der Waals surface area contributed by atoms with Crippen LogP contribution in [-0.2, 0) is 11.3 Å². The summed E-state index contributed by atoms with van der Waals surface area (Å²) in [6, 6.07) is 13.9. The number of rotatable bonds is 6. The van der Waals surface area contributed by atoms with Gasteiger partial charge in [-0.15, -0.1) is 0 Å². The summed E-state index contributed by atoms with van der Waals surface area (Å²) < 4.78 is 18.1. The number of halogens is 1. The van der Waals surface area contributed by atoms with Crippen molar-refractivity contribution in [3.05, 3.63) is 59.9 Å². The molecule has 1 amide bonds. The lowest BCUT2D eigenvalue weighted by atomic mass is 10.2. The number of ether oxygens (including phenoxy) is 1. The molecular weight excluding hydrogens is 333 g/mol. The van der Waals surface area contributed by atoms with Crippen molar-refractivity contribution in [1.82, 2.24) is 9.80 Å². The molecule has 0 aromatic heterocycles. The Morgan fingerprint density at radius 3 is 2.23 bits per heavy atom. The highest BCUT2D eigenvalue weighted by Gasteiger charge is 2.19. The number of piperazine rings is 1. The third kappa shape index (κ3) is 5.28. The molecule has 0 atom stereocenters. The second kappa shape index (κ2) is 8.78. The van der Waals surface area contributed by atoms with E-state index >= 15 is 0 Å². The first-order valence-corrected chi connectivity index (χ1v) is 8.75. The smallest absolute Gasteiger partial charge is 0.238 e. The van der Waals surface area contributed by atoms with Crippen LogP contribution < -0.4 is 10.1 Å². The molecule has 2 aromatic rings. The van der Waals surface area contributed by atoms with Crippen molar-refractivity contribution in [3.63, 3.8) is 0 Å². The summed E-state index contributed by atoms with van der Waals surface area (Å²) in [5.41, 5.74) is 1.88. The van der Waals surface area contributed by atoms with Crippen molar-refractivity contribution >= 4 is 11.6 Å². The van der Waals surface area contributed by atoms with Crippen LogP contribution in [0.3, 0.4) is 0 Å². The maximum Gasteiger partial charge on any atom is 0.238 e. The summed E-state index contributed by atoms with van der Waals surface area (Å²) in [6.07, 6.45) is 0. The number of hydrogen-bond donors (Lipinski definition) is 1. The van der Waals surface area contributed by atoms with Gasteiger partial charge in [-0.1, -0.05) is 12.1 Å². The minimum absolute atomic E-state index is 0.0119. The van der Waals surface area contributed by atoms with Crippen LogP contribution in [0.25, 0.3) is 0 Å². The Hall–Kier alpha value is -2.44. The van der Waals surface area contributed by atoms with E-state index in [0.29, 0.717) is 6.54 Å². The second-order valence-electron chi connectivity index (χ2n) is 6.46. The average Bonchev–Trinajstić information content (AvgIpc) is 2.66. The number of nitrogens with one attached hydrogen (secondary N) is 1. The summed E-state index contributed by atoms with van der Waals surface area (Å²) in [5.74, 6) is 0.545. The lowest BCUT2D eigenvalue weighted by Crippen LogP contribution is -2.48. The lowest BCUT2D eigenvalue weighted by Gasteiger charge is -2.34. The Balaban J connectivity index is 1.41. The Kier molecular flexibility index (Phi) is 6.20. The molecule has 138 valence electrons. The van der Waals surface area contributed by atoms with Crippen LogP contribution >= 0.6 is 0 Å². The summed E-state index contributed by atoms with van der Waals surface area (Å²) in [7, 11) is 1.61. The van der Waals surface area contributed by atoms with Gasteiger partial charge in [0, 0.05) is 38.4 Å². The fourth-order valence-corrected chi connectivity index (χ4v) is 3.03. The zero-order chi connectivity index (χ0) is 18.4. The number of anilines is 1. The molecule has 0 bridgehead atoms. The van der Waals surface area contributed by atoms with E-state index in [1.54, 1.807) is 7.11 Å². The van der Waals surface area contributed by atoms with Gasteiger partial charge in [0.2, 0.25) is 5.91 Å². The molecule has 1 N–H and O–H groups in total. The molecule has 0 aliphatic carbocycles. The molecule has 6 heteroatoms. The van der Waals surface area contributed by atoms with Crippen molar-refractivity contribution in [2.75, 3.05) is 45.2 Å². The van der Waals surface area contributed by atoms with Gasteiger partial charge in [-0.2, -0.15) is 0 Å². The zero-order valence-electron chi connectivity index (χ0n) is 15.0. The van der Waals surface area contributed by atoms with E-state index in [-0.39, 0.29) is 11.7 Å². The quantitative estimate of drug-likeness (QED) is 0.863. The molecule has 1 aliphatic rings. The number of benzene rings is 2. The molecule has 1 aliphatic heterocycles. The van der Waals surface area contributed by atoms with Crippen LogP contribution in [0.5, 0.6) is 5.75 Å². The van der Waals surface area contributed by atoms with E-state index in [9.17, 15) is 9.18 Å². The fraction of sp³-hybridized carbons (Fsp3) is 0.350. The predicted octanol–water partition coefficient (Wildman–Crippen LogP) is 2.59. The fourth-order valence-electron chi connectivity index (χ4n) is 3.03. The molecule has 3 rings (SSSR count). The van der Waals surface area contributed by atoms with Gasteiger partial charge < -0.3 is 10.1 Å². The van der Waals surface area contributed by atoms with Gasteiger partial charge in [-0.05, 0) is 42.0 Å². The number of carbonyl (C=O) groups excluding carboxylic acids is 1. The Labute approximate surface area is 153 Å². The summed E-state index contributed by atoms with van der Waals surface area (Å²) in [5, 5.41) is 2.91. The molecular formula is C20H24FN3O2. The molecule has 0 unspecified atom stereocenters. The number of hydrogen-bond acceptors (Lipinski definition) is 4. The molecule has 0 spiro atoms. The van der Waals surface area contributed by atoms with Crippen molar-refractivity contribution in [1.29, 1.82) is 0 Å². The van der Waals surface area contributed by atoms with Crippen LogP contribution in [-0.4, -0.2) is 55.5 Å². The lowest BCUT2D eigenvalue weighted by molar-refractivity contribution is -0.117. The minimum Gasteiger partial charge on any atom is -0.497 e. The summed E-state index contributed by atoms with van der Waals surface area (Å²) >= 11 is 0. The van der Waals surface area contributed by atoms with Crippen molar-refractivity contribution < 1.29 is 13.9 Å². The molecule has 0 radical (unpaired) electrons. The van der Waals surface area contributed by atoms with E-state index in [1.165, 1.54) is 12.1 Å². The van der Waals surface area contributed by atoms with Crippen molar-refractivity contribution in [2.24, 2.45) is 0 Å². The molecule has 1 fully saturated rings. The maximum atomic E-state index is 13.0. The number of nitrogens with zero attached hydrogens (tertiary/aromatic N) is 2. The first kappa shape index (κ1) is 18.4. The highest BCUT2D eigenvalue weighted by Crippen LogP contribution is 2.15. The first-order chi connectivity index (χ1) is 12.6. The highest BCUT2D eigenvalue weighted by atomic mass is 19.1. The number of methoxy groups -OCH3 is 1. The summed E-state index contributed by atoms with van der Waals surface area (Å²) in [4.78, 5) is 16.7. The van der Waals surface area contributed by atoms with Crippen LogP contribution in [0.2, 0.25) is 0 Å². The van der Waals surface area contributed by atoms with Crippen LogP contribution in [0.1, 0.15) is 5.56 Å². The standard InChI is InChI=1S/C20H24FN3O2/c1-26-19-8-6-18(7-9-19)22-20(25)15-24-12-10-23(11-13-24)14-16-2-4-17(21)5-3-16/h2-9H,10-15H2,1H3,(H,22,25). The highest BCUT2D eigenvalue weighted by molar-refractivity contribution is 5.92. The van der Waals surface area contributed by atoms with Gasteiger partial charge in [0.1, 0.15) is 11.6 Å². The van der Waals surface area contributed by atoms with E-state index in [4.69, 9.17) is 4.74 Å². The van der Waals surface area contributed by atoms with Gasteiger partial charge in [-0.25, -0.2) is 4.39 Å². The van der Waals surface area contributed by atoms with Gasteiger partial charge in [0.15, 0.2) is 0 Å². The van der Waals surface area contributed by atoms with Gasteiger partial charge in [0.25, 0.3) is 0 Å². The second-order valence-corrected chi connectivity index (χ2v) is 6.46. The first-order valence-electron chi connectivity index (χ1n) is 8.75. The predicted molar refractivity (Wildman–Crippen MR) is 99.7 cm³/mol. The van der Waals surface area contributed by atoms with Crippen LogP contribution in [0, 0.1) is 5.82 Å². The third-order valence-corrected chi connectivity index (χ3v) is 4.53. The van der Waals surface area contributed by atoms with Crippen molar-refractivity contribution in [2.45, 2.75) is 6.54 Å². The SMILES string of the molecule is COc1ccc(NC(=O)CN2CCN(Cc3ccc(F)cc3)CC2)cc1. The zero-order valence-corrected chi connectivity index (χ0v) is 15.0. The molecule has 1 heterocycles. The maximum absolute atomic E-state index is 13.0. The molecule has 5 nitrogen and oxygen atoms in total.